The molecule has 1 saturated heterocycles. The molecule has 96 valence electrons. The molecule has 0 bridgehead atoms. The quantitative estimate of drug-likeness (QED) is 0.717. The summed E-state index contributed by atoms with van der Waals surface area (Å²) in [6.45, 7) is 3.80. The maximum Gasteiger partial charge on any atom is 0.207 e. The van der Waals surface area contributed by atoms with Gasteiger partial charge >= 0.3 is 0 Å². The third kappa shape index (κ3) is 2.31. The van der Waals surface area contributed by atoms with Gasteiger partial charge in [-0.05, 0) is 20.3 Å². The molecule has 0 radical (unpaired) electrons. The minimum atomic E-state index is -1.16. The molecule has 1 heterocycles. The molecule has 0 amide bonds. The van der Waals surface area contributed by atoms with Gasteiger partial charge in [0.1, 0.15) is 6.10 Å². The number of aliphatic hydroxyl groups excluding tert-OH is 2. The van der Waals surface area contributed by atoms with Crippen molar-refractivity contribution in [1.29, 1.82) is 0 Å². The van der Waals surface area contributed by atoms with Gasteiger partial charge in [-0.15, -0.1) is 0 Å². The van der Waals surface area contributed by atoms with Crippen LogP contribution in [0.25, 0.3) is 0 Å². The van der Waals surface area contributed by atoms with Crippen LogP contribution in [-0.2, 0) is 9.47 Å². The lowest BCUT2D eigenvalue weighted by molar-refractivity contribution is -0.356. The lowest BCUT2D eigenvalue weighted by atomic mass is 9.92. The van der Waals surface area contributed by atoms with Crippen LogP contribution in [0.15, 0.2) is 24.3 Å². The summed E-state index contributed by atoms with van der Waals surface area (Å²) in [6.07, 6.45) is 6.92. The molecule has 2 N–H and O–H groups in total. The van der Waals surface area contributed by atoms with E-state index >= 15 is 0 Å². The number of hydrogen-bond acceptors (Lipinski definition) is 4. The molecule has 0 aromatic rings. The Kier molecular flexibility index (Phi) is 3.68. The standard InChI is InChI=1S/C13H20O4/c1-9-7-10(2)17-13(16-9)11(8-14)5-3-4-6-12(13)15/h3-6,9-12,14-15H,7-8H2,1-2H3/t9-,10+,11-,12-,13?/m1/s1. The van der Waals surface area contributed by atoms with Crippen molar-refractivity contribution in [2.24, 2.45) is 5.92 Å². The topological polar surface area (TPSA) is 58.9 Å². The second-order valence-corrected chi connectivity index (χ2v) is 4.82. The van der Waals surface area contributed by atoms with Crippen LogP contribution in [0.5, 0.6) is 0 Å². The molecule has 5 atom stereocenters. The first-order valence-electron chi connectivity index (χ1n) is 6.08. The zero-order valence-corrected chi connectivity index (χ0v) is 10.2. The molecule has 1 aliphatic carbocycles. The highest BCUT2D eigenvalue weighted by Crippen LogP contribution is 2.38. The first-order chi connectivity index (χ1) is 8.08. The van der Waals surface area contributed by atoms with Crippen molar-refractivity contribution in [3.8, 4) is 0 Å². The lowest BCUT2D eigenvalue weighted by Gasteiger charge is -2.47. The molecule has 0 aromatic carbocycles. The van der Waals surface area contributed by atoms with E-state index in [0.29, 0.717) is 0 Å². The Morgan fingerprint density at radius 1 is 1.18 bits per heavy atom. The summed E-state index contributed by atoms with van der Waals surface area (Å²) in [5.41, 5.74) is 0. The van der Waals surface area contributed by atoms with Crippen LogP contribution >= 0.6 is 0 Å². The zero-order chi connectivity index (χ0) is 12.5. The Bertz CT molecular complexity index is 313. The molecule has 0 saturated carbocycles. The Labute approximate surface area is 102 Å². The van der Waals surface area contributed by atoms with Gasteiger partial charge in [0.25, 0.3) is 0 Å². The highest BCUT2D eigenvalue weighted by Gasteiger charge is 2.50. The first-order valence-corrected chi connectivity index (χ1v) is 6.08. The van der Waals surface area contributed by atoms with Gasteiger partial charge < -0.3 is 19.7 Å². The summed E-state index contributed by atoms with van der Waals surface area (Å²) in [5, 5.41) is 19.7. The fourth-order valence-corrected chi connectivity index (χ4v) is 2.58. The number of hydrogen-bond donors (Lipinski definition) is 2. The van der Waals surface area contributed by atoms with E-state index < -0.39 is 11.9 Å². The Hall–Kier alpha value is -0.680. The lowest BCUT2D eigenvalue weighted by Crippen LogP contribution is -2.59. The van der Waals surface area contributed by atoms with Crippen LogP contribution < -0.4 is 0 Å². The smallest absolute Gasteiger partial charge is 0.207 e. The SMILES string of the molecule is C[C@@H]1C[C@H](C)OC2(O1)[C@H](O)C=CC=C[C@@H]2CO. The van der Waals surface area contributed by atoms with Crippen molar-refractivity contribution in [3.05, 3.63) is 24.3 Å². The number of ether oxygens (including phenoxy) is 2. The van der Waals surface area contributed by atoms with Crippen LogP contribution in [0, 0.1) is 5.92 Å². The molecule has 1 unspecified atom stereocenters. The largest absolute Gasteiger partial charge is 0.396 e. The molecule has 2 rings (SSSR count). The predicted octanol–water partition coefficient (Wildman–Crippen LogP) is 0.992. The average molecular weight is 240 g/mol. The third-order valence-corrected chi connectivity index (χ3v) is 3.31. The van der Waals surface area contributed by atoms with Gasteiger partial charge in [-0.2, -0.15) is 0 Å². The Balaban J connectivity index is 2.34. The molecule has 2 aliphatic rings. The highest BCUT2D eigenvalue weighted by molar-refractivity contribution is 5.17. The highest BCUT2D eigenvalue weighted by atomic mass is 16.7. The maximum atomic E-state index is 10.2. The van der Waals surface area contributed by atoms with Gasteiger partial charge in [0.05, 0.1) is 24.7 Å². The summed E-state index contributed by atoms with van der Waals surface area (Å²) < 4.78 is 11.7. The van der Waals surface area contributed by atoms with E-state index in [1.165, 1.54) is 0 Å². The molecular formula is C13H20O4. The van der Waals surface area contributed by atoms with Crippen LogP contribution in [-0.4, -0.2) is 40.9 Å². The summed E-state index contributed by atoms with van der Waals surface area (Å²) in [4.78, 5) is 0. The van der Waals surface area contributed by atoms with Crippen molar-refractivity contribution in [2.45, 2.75) is 44.4 Å². The summed E-state index contributed by atoms with van der Waals surface area (Å²) >= 11 is 0. The number of aliphatic hydroxyl groups is 2. The Morgan fingerprint density at radius 3 is 2.35 bits per heavy atom. The van der Waals surface area contributed by atoms with E-state index in [-0.39, 0.29) is 24.7 Å². The van der Waals surface area contributed by atoms with Gasteiger partial charge in [0.2, 0.25) is 5.79 Å². The minimum absolute atomic E-state index is 0.00218. The summed E-state index contributed by atoms with van der Waals surface area (Å²) in [5.74, 6) is -1.52. The molecule has 0 aromatic heterocycles. The molecule has 4 nitrogen and oxygen atoms in total. The summed E-state index contributed by atoms with van der Waals surface area (Å²) in [7, 11) is 0. The summed E-state index contributed by atoms with van der Waals surface area (Å²) in [6, 6.07) is 0. The van der Waals surface area contributed by atoms with Crippen molar-refractivity contribution >= 4 is 0 Å². The van der Waals surface area contributed by atoms with E-state index in [1.54, 1.807) is 18.2 Å². The molecule has 1 spiro atoms. The number of allylic oxidation sites excluding steroid dienone is 2. The fourth-order valence-electron chi connectivity index (χ4n) is 2.58. The maximum absolute atomic E-state index is 10.2. The molecular weight excluding hydrogens is 220 g/mol. The van der Waals surface area contributed by atoms with Crippen molar-refractivity contribution in [1.82, 2.24) is 0 Å². The van der Waals surface area contributed by atoms with Crippen molar-refractivity contribution in [2.75, 3.05) is 6.61 Å². The molecule has 4 heteroatoms. The third-order valence-electron chi connectivity index (χ3n) is 3.31. The van der Waals surface area contributed by atoms with E-state index in [9.17, 15) is 10.2 Å². The van der Waals surface area contributed by atoms with Gasteiger partial charge in [-0.25, -0.2) is 0 Å². The van der Waals surface area contributed by atoms with Crippen LogP contribution in [0.2, 0.25) is 0 Å². The number of rotatable bonds is 1. The fraction of sp³-hybridized carbons (Fsp3) is 0.692. The van der Waals surface area contributed by atoms with E-state index in [2.05, 4.69) is 0 Å². The first kappa shape index (κ1) is 12.8. The van der Waals surface area contributed by atoms with E-state index in [1.807, 2.05) is 19.9 Å². The van der Waals surface area contributed by atoms with Gasteiger partial charge in [0, 0.05) is 0 Å². The zero-order valence-electron chi connectivity index (χ0n) is 10.2. The Morgan fingerprint density at radius 2 is 1.76 bits per heavy atom. The molecule has 17 heavy (non-hydrogen) atoms. The minimum Gasteiger partial charge on any atom is -0.396 e. The average Bonchev–Trinajstić information content (AvgIpc) is 2.39. The van der Waals surface area contributed by atoms with Crippen LogP contribution in [0.4, 0.5) is 0 Å². The van der Waals surface area contributed by atoms with E-state index in [4.69, 9.17) is 9.47 Å². The second-order valence-electron chi connectivity index (χ2n) is 4.82. The molecule has 1 aliphatic heterocycles. The normalized spacial score (nSPS) is 46.1. The molecule has 1 fully saturated rings. The van der Waals surface area contributed by atoms with Gasteiger partial charge in [-0.1, -0.05) is 24.3 Å². The van der Waals surface area contributed by atoms with Gasteiger partial charge in [0.15, 0.2) is 0 Å². The van der Waals surface area contributed by atoms with Crippen molar-refractivity contribution in [3.63, 3.8) is 0 Å². The van der Waals surface area contributed by atoms with E-state index in [0.717, 1.165) is 6.42 Å². The predicted molar refractivity (Wildman–Crippen MR) is 63.3 cm³/mol. The van der Waals surface area contributed by atoms with Crippen LogP contribution in [0.3, 0.4) is 0 Å². The second kappa shape index (κ2) is 4.90. The monoisotopic (exact) mass is 240 g/mol. The van der Waals surface area contributed by atoms with Crippen molar-refractivity contribution < 1.29 is 19.7 Å². The van der Waals surface area contributed by atoms with Gasteiger partial charge in [-0.3, -0.25) is 0 Å². The van der Waals surface area contributed by atoms with Crippen LogP contribution in [0.1, 0.15) is 20.3 Å².